The molecule has 0 aromatic carbocycles. The van der Waals surface area contributed by atoms with Crippen molar-refractivity contribution in [3.8, 4) is 0 Å². The minimum Gasteiger partial charge on any atom is -0.377 e. The third-order valence-corrected chi connectivity index (χ3v) is 3.62. The SMILES string of the molecule is COC1(C)CCCN(c2cc(C(F)(F)F)nc(Cl)n2)C1. The standard InChI is InChI=1S/C12H15ClF3N3O/c1-11(20-2)4-3-5-19(7-11)9-6-8(12(14,15)16)17-10(13)18-9/h6H,3-5,7H2,1-2H3. The molecule has 2 rings (SSSR count). The summed E-state index contributed by atoms with van der Waals surface area (Å²) in [6.45, 7) is 3.00. The van der Waals surface area contributed by atoms with E-state index in [9.17, 15) is 13.2 Å². The van der Waals surface area contributed by atoms with E-state index in [-0.39, 0.29) is 5.82 Å². The van der Waals surface area contributed by atoms with Gasteiger partial charge in [-0.3, -0.25) is 0 Å². The highest BCUT2D eigenvalue weighted by Gasteiger charge is 2.36. The number of nitrogens with zero attached hydrogens (tertiary/aromatic N) is 3. The fourth-order valence-corrected chi connectivity index (χ4v) is 2.46. The predicted octanol–water partition coefficient (Wildman–Crippen LogP) is 3.15. The van der Waals surface area contributed by atoms with Crippen LogP contribution in [0.3, 0.4) is 0 Å². The second kappa shape index (κ2) is 5.37. The fourth-order valence-electron chi connectivity index (χ4n) is 2.28. The van der Waals surface area contributed by atoms with Crippen LogP contribution in [0.4, 0.5) is 19.0 Å². The molecule has 0 N–H and O–H groups in total. The van der Waals surface area contributed by atoms with Crippen LogP contribution in [0.15, 0.2) is 6.07 Å². The van der Waals surface area contributed by atoms with Crippen LogP contribution in [0.5, 0.6) is 0 Å². The van der Waals surface area contributed by atoms with Crippen LogP contribution in [0.1, 0.15) is 25.5 Å². The fraction of sp³-hybridized carbons (Fsp3) is 0.667. The number of hydrogen-bond acceptors (Lipinski definition) is 4. The van der Waals surface area contributed by atoms with Crippen LogP contribution in [-0.2, 0) is 10.9 Å². The van der Waals surface area contributed by atoms with E-state index in [1.807, 2.05) is 6.92 Å². The van der Waals surface area contributed by atoms with Gasteiger partial charge in [0.25, 0.3) is 0 Å². The highest BCUT2D eigenvalue weighted by atomic mass is 35.5. The molecule has 0 radical (unpaired) electrons. The zero-order valence-corrected chi connectivity index (χ0v) is 11.9. The molecule has 1 saturated heterocycles. The number of ether oxygens (including phenoxy) is 1. The average Bonchev–Trinajstić information content (AvgIpc) is 2.37. The summed E-state index contributed by atoms with van der Waals surface area (Å²) in [7, 11) is 1.59. The zero-order valence-electron chi connectivity index (χ0n) is 11.2. The third kappa shape index (κ3) is 3.32. The van der Waals surface area contributed by atoms with Crippen LogP contribution in [0.2, 0.25) is 5.28 Å². The van der Waals surface area contributed by atoms with E-state index in [4.69, 9.17) is 16.3 Å². The molecule has 20 heavy (non-hydrogen) atoms. The summed E-state index contributed by atoms with van der Waals surface area (Å²) in [4.78, 5) is 8.87. The van der Waals surface area contributed by atoms with E-state index in [0.717, 1.165) is 18.9 Å². The Kier molecular flexibility index (Phi) is 4.11. The van der Waals surface area contributed by atoms with Crippen molar-refractivity contribution < 1.29 is 17.9 Å². The lowest BCUT2D eigenvalue weighted by atomic mass is 9.95. The summed E-state index contributed by atoms with van der Waals surface area (Å²) in [5.74, 6) is 0.181. The lowest BCUT2D eigenvalue weighted by Gasteiger charge is -2.40. The molecule has 0 spiro atoms. The summed E-state index contributed by atoms with van der Waals surface area (Å²) in [6, 6.07) is 0.924. The van der Waals surface area contributed by atoms with Crippen molar-refractivity contribution in [2.45, 2.75) is 31.5 Å². The number of methoxy groups -OCH3 is 1. The summed E-state index contributed by atoms with van der Waals surface area (Å²) in [5.41, 5.74) is -1.43. The first-order valence-electron chi connectivity index (χ1n) is 6.15. The van der Waals surface area contributed by atoms with Gasteiger partial charge in [-0.25, -0.2) is 9.97 Å². The van der Waals surface area contributed by atoms with Gasteiger partial charge in [-0.15, -0.1) is 0 Å². The van der Waals surface area contributed by atoms with Crippen LogP contribution in [-0.4, -0.2) is 35.8 Å². The van der Waals surface area contributed by atoms with Crippen LogP contribution in [0.25, 0.3) is 0 Å². The lowest BCUT2D eigenvalue weighted by Crippen LogP contribution is -2.47. The summed E-state index contributed by atoms with van der Waals surface area (Å²) < 4.78 is 43.6. The Morgan fingerprint density at radius 2 is 2.10 bits per heavy atom. The molecular formula is C12H15ClF3N3O. The van der Waals surface area contributed by atoms with Gasteiger partial charge in [0.15, 0.2) is 5.69 Å². The van der Waals surface area contributed by atoms with Gasteiger partial charge < -0.3 is 9.64 Å². The number of anilines is 1. The molecule has 0 saturated carbocycles. The summed E-state index contributed by atoms with van der Waals surface area (Å²) >= 11 is 5.60. The van der Waals surface area contributed by atoms with E-state index >= 15 is 0 Å². The van der Waals surface area contributed by atoms with Crippen molar-refractivity contribution in [3.63, 3.8) is 0 Å². The first-order chi connectivity index (χ1) is 9.23. The molecule has 1 atom stereocenters. The predicted molar refractivity (Wildman–Crippen MR) is 68.9 cm³/mol. The first kappa shape index (κ1) is 15.3. The monoisotopic (exact) mass is 309 g/mol. The Hall–Kier alpha value is -1.08. The smallest absolute Gasteiger partial charge is 0.377 e. The van der Waals surface area contributed by atoms with Crippen LogP contribution >= 0.6 is 11.6 Å². The van der Waals surface area contributed by atoms with Gasteiger partial charge in [0, 0.05) is 26.3 Å². The Morgan fingerprint density at radius 1 is 1.40 bits per heavy atom. The molecule has 1 fully saturated rings. The van der Waals surface area contributed by atoms with E-state index in [1.165, 1.54) is 0 Å². The average molecular weight is 310 g/mol. The molecule has 1 aliphatic rings. The molecule has 1 aromatic rings. The number of piperidine rings is 1. The molecule has 0 aliphatic carbocycles. The van der Waals surface area contributed by atoms with Crippen molar-refractivity contribution in [3.05, 3.63) is 17.0 Å². The van der Waals surface area contributed by atoms with E-state index in [0.29, 0.717) is 13.1 Å². The van der Waals surface area contributed by atoms with Crippen LogP contribution in [0, 0.1) is 0 Å². The number of aromatic nitrogens is 2. The summed E-state index contributed by atoms with van der Waals surface area (Å²) in [5, 5.41) is -0.403. The minimum absolute atomic E-state index is 0.181. The molecule has 112 valence electrons. The lowest BCUT2D eigenvalue weighted by molar-refractivity contribution is -0.141. The molecule has 4 nitrogen and oxygen atoms in total. The van der Waals surface area contributed by atoms with E-state index in [1.54, 1.807) is 12.0 Å². The molecule has 0 amide bonds. The maximum Gasteiger partial charge on any atom is 0.433 e. The van der Waals surface area contributed by atoms with Gasteiger partial charge in [0.05, 0.1) is 5.60 Å². The van der Waals surface area contributed by atoms with Crippen molar-refractivity contribution >= 4 is 17.4 Å². The molecule has 1 unspecified atom stereocenters. The molecule has 1 aromatic heterocycles. The van der Waals surface area contributed by atoms with Crippen molar-refractivity contribution in [1.82, 2.24) is 9.97 Å². The Morgan fingerprint density at radius 3 is 2.70 bits per heavy atom. The van der Waals surface area contributed by atoms with Gasteiger partial charge in [-0.2, -0.15) is 13.2 Å². The highest BCUT2D eigenvalue weighted by molar-refractivity contribution is 6.28. The first-order valence-corrected chi connectivity index (χ1v) is 6.53. The van der Waals surface area contributed by atoms with Crippen molar-refractivity contribution in [1.29, 1.82) is 0 Å². The van der Waals surface area contributed by atoms with Crippen molar-refractivity contribution in [2.75, 3.05) is 25.1 Å². The number of hydrogen-bond donors (Lipinski definition) is 0. The third-order valence-electron chi connectivity index (χ3n) is 3.45. The van der Waals surface area contributed by atoms with Crippen molar-refractivity contribution in [2.24, 2.45) is 0 Å². The molecule has 8 heteroatoms. The van der Waals surface area contributed by atoms with Gasteiger partial charge in [-0.05, 0) is 31.4 Å². The Balaban J connectivity index is 2.31. The highest BCUT2D eigenvalue weighted by Crippen LogP contribution is 2.32. The van der Waals surface area contributed by atoms with Gasteiger partial charge in [0.1, 0.15) is 5.82 Å². The van der Waals surface area contributed by atoms with E-state index < -0.39 is 22.8 Å². The number of halogens is 4. The Bertz CT molecular complexity index is 497. The quantitative estimate of drug-likeness (QED) is 0.787. The van der Waals surface area contributed by atoms with E-state index in [2.05, 4.69) is 9.97 Å². The van der Waals surface area contributed by atoms with Gasteiger partial charge in [-0.1, -0.05) is 0 Å². The zero-order chi connectivity index (χ0) is 15.0. The number of alkyl halides is 3. The largest absolute Gasteiger partial charge is 0.433 e. The molecule has 0 bridgehead atoms. The Labute approximate surface area is 119 Å². The molecule has 2 heterocycles. The van der Waals surface area contributed by atoms with Gasteiger partial charge >= 0.3 is 6.18 Å². The topological polar surface area (TPSA) is 38.2 Å². The second-order valence-corrected chi connectivity index (χ2v) is 5.40. The van der Waals surface area contributed by atoms with Crippen LogP contribution < -0.4 is 4.90 Å². The maximum absolute atomic E-state index is 12.7. The molecular weight excluding hydrogens is 295 g/mol. The summed E-state index contributed by atoms with van der Waals surface area (Å²) in [6.07, 6.45) is -2.88. The number of rotatable bonds is 2. The minimum atomic E-state index is -4.54. The van der Waals surface area contributed by atoms with Gasteiger partial charge in [0.2, 0.25) is 5.28 Å². The molecule has 1 aliphatic heterocycles. The second-order valence-electron chi connectivity index (χ2n) is 5.06. The normalized spacial score (nSPS) is 24.0. The maximum atomic E-state index is 12.7.